The molecule has 0 radical (unpaired) electrons. The van der Waals surface area contributed by atoms with Crippen LogP contribution in [0.4, 0.5) is 5.69 Å². The van der Waals surface area contributed by atoms with Crippen LogP contribution in [0.2, 0.25) is 0 Å². The number of hydrogen-bond donors (Lipinski definition) is 3. The number of hydrogen-bond acceptors (Lipinski definition) is 2. The van der Waals surface area contributed by atoms with Crippen molar-refractivity contribution >= 4 is 24.1 Å². The SMILES string of the molecule is Cc1cccc(C)c1N=C(N)NO.Cl. The molecule has 0 unspecified atom stereocenters. The molecule has 0 aliphatic carbocycles. The zero-order valence-electron chi connectivity index (χ0n) is 8.11. The molecule has 0 aliphatic rings. The van der Waals surface area contributed by atoms with Crippen LogP contribution in [0.3, 0.4) is 0 Å². The maximum atomic E-state index is 8.47. The van der Waals surface area contributed by atoms with Crippen molar-refractivity contribution in [3.05, 3.63) is 29.3 Å². The lowest BCUT2D eigenvalue weighted by molar-refractivity contribution is 0.233. The molecule has 0 aromatic heterocycles. The normalized spacial score (nSPS) is 10.6. The van der Waals surface area contributed by atoms with Crippen LogP contribution in [0.5, 0.6) is 0 Å². The standard InChI is InChI=1S/C9H13N3O.ClH/c1-6-4-3-5-7(2)8(6)11-9(10)12-13;/h3-5,13H,1-2H3,(H3,10,11,12);1H. The van der Waals surface area contributed by atoms with Crippen molar-refractivity contribution in [1.29, 1.82) is 0 Å². The molecular weight excluding hydrogens is 202 g/mol. The van der Waals surface area contributed by atoms with E-state index >= 15 is 0 Å². The summed E-state index contributed by atoms with van der Waals surface area (Å²) in [6, 6.07) is 5.83. The number of hydroxylamine groups is 1. The number of aryl methyl sites for hydroxylation is 2. The van der Waals surface area contributed by atoms with Gasteiger partial charge in [-0.05, 0) is 25.0 Å². The molecule has 0 spiro atoms. The van der Waals surface area contributed by atoms with Crippen molar-refractivity contribution < 1.29 is 5.21 Å². The van der Waals surface area contributed by atoms with Crippen LogP contribution in [0.25, 0.3) is 0 Å². The molecule has 14 heavy (non-hydrogen) atoms. The Hall–Kier alpha value is -1.26. The van der Waals surface area contributed by atoms with E-state index in [9.17, 15) is 0 Å². The predicted molar refractivity (Wildman–Crippen MR) is 59.4 cm³/mol. The van der Waals surface area contributed by atoms with Crippen molar-refractivity contribution in [1.82, 2.24) is 5.48 Å². The van der Waals surface area contributed by atoms with Gasteiger partial charge in [0.1, 0.15) is 0 Å². The number of halogens is 1. The van der Waals surface area contributed by atoms with Crippen LogP contribution in [-0.2, 0) is 0 Å². The molecule has 4 nitrogen and oxygen atoms in total. The van der Waals surface area contributed by atoms with E-state index in [1.54, 1.807) is 5.48 Å². The minimum atomic E-state index is -0.00241. The Morgan fingerprint density at radius 3 is 2.29 bits per heavy atom. The highest BCUT2D eigenvalue weighted by Crippen LogP contribution is 2.22. The van der Waals surface area contributed by atoms with Crippen LogP contribution in [0, 0.1) is 13.8 Å². The lowest BCUT2D eigenvalue weighted by Crippen LogP contribution is -2.27. The average Bonchev–Trinajstić information content (AvgIpc) is 2.11. The Labute approximate surface area is 89.2 Å². The number of guanidine groups is 1. The molecule has 1 aromatic rings. The third-order valence-corrected chi connectivity index (χ3v) is 1.79. The van der Waals surface area contributed by atoms with E-state index in [1.165, 1.54) is 0 Å². The first kappa shape index (κ1) is 12.7. The quantitative estimate of drug-likeness (QED) is 0.379. The Kier molecular flexibility index (Phi) is 4.97. The molecule has 78 valence electrons. The molecule has 0 fully saturated rings. The van der Waals surface area contributed by atoms with Gasteiger partial charge in [0.05, 0.1) is 5.69 Å². The minimum Gasteiger partial charge on any atom is -0.368 e. The second-order valence-electron chi connectivity index (χ2n) is 2.85. The molecule has 0 aliphatic heterocycles. The van der Waals surface area contributed by atoms with Gasteiger partial charge in [-0.15, -0.1) is 12.4 Å². The fourth-order valence-electron chi connectivity index (χ4n) is 1.13. The van der Waals surface area contributed by atoms with Crippen LogP contribution in [0.1, 0.15) is 11.1 Å². The fourth-order valence-corrected chi connectivity index (χ4v) is 1.13. The van der Waals surface area contributed by atoms with Gasteiger partial charge in [0, 0.05) is 0 Å². The number of nitrogens with two attached hydrogens (primary N) is 1. The van der Waals surface area contributed by atoms with Crippen molar-refractivity contribution in [3.8, 4) is 0 Å². The summed E-state index contributed by atoms with van der Waals surface area (Å²) in [6.07, 6.45) is 0. The molecule has 0 atom stereocenters. The third kappa shape index (κ3) is 2.90. The maximum Gasteiger partial charge on any atom is 0.218 e. The highest BCUT2D eigenvalue weighted by molar-refractivity contribution is 5.85. The zero-order chi connectivity index (χ0) is 9.84. The smallest absolute Gasteiger partial charge is 0.218 e. The molecule has 0 heterocycles. The van der Waals surface area contributed by atoms with Crippen molar-refractivity contribution in [2.45, 2.75) is 13.8 Å². The van der Waals surface area contributed by atoms with Crippen molar-refractivity contribution in [2.24, 2.45) is 10.7 Å². The summed E-state index contributed by atoms with van der Waals surface area (Å²) in [4.78, 5) is 4.01. The highest BCUT2D eigenvalue weighted by Gasteiger charge is 2.00. The second-order valence-corrected chi connectivity index (χ2v) is 2.85. The van der Waals surface area contributed by atoms with Gasteiger partial charge < -0.3 is 5.73 Å². The summed E-state index contributed by atoms with van der Waals surface area (Å²) < 4.78 is 0. The number of benzene rings is 1. The molecule has 0 saturated carbocycles. The highest BCUT2D eigenvalue weighted by atomic mass is 35.5. The largest absolute Gasteiger partial charge is 0.368 e. The number of para-hydroxylation sites is 1. The average molecular weight is 216 g/mol. The zero-order valence-corrected chi connectivity index (χ0v) is 8.93. The topological polar surface area (TPSA) is 70.6 Å². The molecule has 4 N–H and O–H groups in total. The summed E-state index contributed by atoms with van der Waals surface area (Å²) >= 11 is 0. The van der Waals surface area contributed by atoms with Crippen LogP contribution >= 0.6 is 12.4 Å². The number of nitrogens with one attached hydrogen (secondary N) is 1. The van der Waals surface area contributed by atoms with Gasteiger partial charge in [-0.3, -0.25) is 5.21 Å². The van der Waals surface area contributed by atoms with Gasteiger partial charge >= 0.3 is 0 Å². The van der Waals surface area contributed by atoms with Gasteiger partial charge in [0.2, 0.25) is 5.96 Å². The fraction of sp³-hybridized carbons (Fsp3) is 0.222. The van der Waals surface area contributed by atoms with E-state index < -0.39 is 0 Å². The Morgan fingerprint density at radius 1 is 1.36 bits per heavy atom. The molecule has 0 amide bonds. The monoisotopic (exact) mass is 215 g/mol. The molecule has 5 heteroatoms. The van der Waals surface area contributed by atoms with Crippen LogP contribution in [0.15, 0.2) is 23.2 Å². The van der Waals surface area contributed by atoms with E-state index in [1.807, 2.05) is 32.0 Å². The molecular formula is C9H14ClN3O. The summed E-state index contributed by atoms with van der Waals surface area (Å²) in [5.41, 5.74) is 9.97. The van der Waals surface area contributed by atoms with E-state index in [2.05, 4.69) is 4.99 Å². The Bertz CT molecular complexity index is 319. The van der Waals surface area contributed by atoms with Gasteiger partial charge in [-0.1, -0.05) is 18.2 Å². The lowest BCUT2D eigenvalue weighted by atomic mass is 10.1. The van der Waals surface area contributed by atoms with Crippen LogP contribution < -0.4 is 11.2 Å². The van der Waals surface area contributed by atoms with Gasteiger partial charge in [-0.25, -0.2) is 10.5 Å². The summed E-state index contributed by atoms with van der Waals surface area (Å²) in [6.45, 7) is 3.88. The minimum absolute atomic E-state index is 0. The summed E-state index contributed by atoms with van der Waals surface area (Å²) in [5, 5.41) is 8.47. The van der Waals surface area contributed by atoms with Crippen molar-refractivity contribution in [2.75, 3.05) is 0 Å². The van der Waals surface area contributed by atoms with Crippen LogP contribution in [-0.4, -0.2) is 11.2 Å². The number of nitrogens with zero attached hydrogens (tertiary/aromatic N) is 1. The first-order valence-corrected chi connectivity index (χ1v) is 3.95. The van der Waals surface area contributed by atoms with E-state index in [0.29, 0.717) is 0 Å². The first-order chi connectivity index (χ1) is 6.15. The Balaban J connectivity index is 0.00000169. The lowest BCUT2D eigenvalue weighted by Gasteiger charge is -2.04. The van der Waals surface area contributed by atoms with E-state index in [4.69, 9.17) is 10.9 Å². The second kappa shape index (κ2) is 5.47. The van der Waals surface area contributed by atoms with E-state index in [-0.39, 0.29) is 18.4 Å². The van der Waals surface area contributed by atoms with Gasteiger partial charge in [0.15, 0.2) is 0 Å². The molecule has 1 rings (SSSR count). The summed E-state index contributed by atoms with van der Waals surface area (Å²) in [5.74, 6) is -0.00241. The predicted octanol–water partition coefficient (Wildman–Crippen LogP) is 1.65. The molecule has 0 saturated heterocycles. The number of rotatable bonds is 1. The first-order valence-electron chi connectivity index (χ1n) is 3.95. The molecule has 0 bridgehead atoms. The Morgan fingerprint density at radius 2 is 1.86 bits per heavy atom. The molecule has 1 aromatic carbocycles. The summed E-state index contributed by atoms with van der Waals surface area (Å²) in [7, 11) is 0. The van der Waals surface area contributed by atoms with Crippen molar-refractivity contribution in [3.63, 3.8) is 0 Å². The van der Waals surface area contributed by atoms with E-state index in [0.717, 1.165) is 16.8 Å². The third-order valence-electron chi connectivity index (χ3n) is 1.79. The number of aliphatic imine (C=N–C) groups is 1. The van der Waals surface area contributed by atoms with Gasteiger partial charge in [0.25, 0.3) is 0 Å². The maximum absolute atomic E-state index is 8.47. The van der Waals surface area contributed by atoms with Gasteiger partial charge in [-0.2, -0.15) is 0 Å².